The number of nitrogens with one attached hydrogen (secondary N) is 2. The van der Waals surface area contributed by atoms with Crippen molar-refractivity contribution >= 4 is 23.1 Å². The number of rotatable bonds is 4. The second-order valence-electron chi connectivity index (χ2n) is 5.23. The van der Waals surface area contributed by atoms with E-state index in [9.17, 15) is 0 Å². The van der Waals surface area contributed by atoms with Gasteiger partial charge < -0.3 is 21.4 Å². The zero-order chi connectivity index (χ0) is 15.4. The molecule has 2 aromatic rings. The molecule has 3 heterocycles. The highest BCUT2D eigenvalue weighted by Crippen LogP contribution is 2.25. The minimum atomic E-state index is 0.479. The molecular weight excluding hydrogens is 280 g/mol. The molecule has 0 aliphatic carbocycles. The first kappa shape index (κ1) is 14.5. The lowest BCUT2D eigenvalue weighted by Crippen LogP contribution is -2.47. The van der Waals surface area contributed by atoms with Gasteiger partial charge in [0.15, 0.2) is 11.6 Å². The van der Waals surface area contributed by atoms with E-state index < -0.39 is 0 Å². The van der Waals surface area contributed by atoms with Crippen LogP contribution in [0.2, 0.25) is 0 Å². The summed E-state index contributed by atoms with van der Waals surface area (Å²) in [6.45, 7) is 3.86. The molecule has 1 fully saturated rings. The fraction of sp³-hybridized carbons (Fsp3) is 0.357. The molecule has 22 heavy (non-hydrogen) atoms. The van der Waals surface area contributed by atoms with E-state index in [4.69, 9.17) is 5.73 Å². The van der Waals surface area contributed by atoms with Crippen LogP contribution in [-0.4, -0.2) is 58.1 Å². The van der Waals surface area contributed by atoms with Gasteiger partial charge in [-0.15, -0.1) is 0 Å². The van der Waals surface area contributed by atoms with Gasteiger partial charge in [-0.05, 0) is 19.2 Å². The summed E-state index contributed by atoms with van der Waals surface area (Å²) in [6.07, 6.45) is 3.20. The molecule has 0 aromatic carbocycles. The van der Waals surface area contributed by atoms with Gasteiger partial charge in [0, 0.05) is 32.4 Å². The van der Waals surface area contributed by atoms with Gasteiger partial charge in [0.05, 0.1) is 0 Å². The van der Waals surface area contributed by atoms with Gasteiger partial charge >= 0.3 is 0 Å². The lowest BCUT2D eigenvalue weighted by molar-refractivity contribution is 0.178. The molecule has 3 rings (SSSR count). The van der Waals surface area contributed by atoms with Crippen LogP contribution in [0.1, 0.15) is 0 Å². The smallest absolute Gasteiger partial charge is 0.169 e. The first-order chi connectivity index (χ1) is 10.7. The molecule has 0 spiro atoms. The second kappa shape index (κ2) is 6.54. The van der Waals surface area contributed by atoms with Crippen molar-refractivity contribution in [1.82, 2.24) is 24.9 Å². The summed E-state index contributed by atoms with van der Waals surface area (Å²) in [6, 6.07) is 5.61. The maximum absolute atomic E-state index is 6.16. The first-order valence-electron chi connectivity index (χ1n) is 7.21. The third-order valence-electron chi connectivity index (χ3n) is 3.56. The van der Waals surface area contributed by atoms with Crippen LogP contribution in [0.4, 0.5) is 23.1 Å². The van der Waals surface area contributed by atoms with Gasteiger partial charge in [0.2, 0.25) is 0 Å². The van der Waals surface area contributed by atoms with Crippen LogP contribution >= 0.6 is 0 Å². The molecule has 0 atom stereocenters. The minimum absolute atomic E-state index is 0.479. The van der Waals surface area contributed by atoms with Crippen LogP contribution in [0.5, 0.6) is 0 Å². The third kappa shape index (κ3) is 3.41. The molecule has 8 heteroatoms. The van der Waals surface area contributed by atoms with E-state index in [0.717, 1.165) is 26.2 Å². The van der Waals surface area contributed by atoms with Crippen LogP contribution < -0.4 is 16.5 Å². The van der Waals surface area contributed by atoms with Crippen molar-refractivity contribution in [1.29, 1.82) is 0 Å². The van der Waals surface area contributed by atoms with Gasteiger partial charge in [0.1, 0.15) is 17.8 Å². The fourth-order valence-corrected chi connectivity index (χ4v) is 2.21. The van der Waals surface area contributed by atoms with E-state index in [1.807, 2.05) is 18.2 Å². The monoisotopic (exact) mass is 300 g/mol. The Bertz CT molecular complexity index is 609. The van der Waals surface area contributed by atoms with E-state index in [-0.39, 0.29) is 0 Å². The Morgan fingerprint density at radius 3 is 2.55 bits per heavy atom. The van der Waals surface area contributed by atoms with Crippen LogP contribution in [0.25, 0.3) is 0 Å². The predicted molar refractivity (Wildman–Crippen MR) is 86.7 cm³/mol. The zero-order valence-electron chi connectivity index (χ0n) is 12.5. The van der Waals surface area contributed by atoms with E-state index in [2.05, 4.69) is 42.7 Å². The van der Waals surface area contributed by atoms with Crippen LogP contribution in [0, 0.1) is 0 Å². The van der Waals surface area contributed by atoms with Gasteiger partial charge in [-0.2, -0.15) is 0 Å². The SMILES string of the molecule is CN1CCN(Nc2ncnc(Nc3ccccn3)c2N)CC1. The molecule has 1 saturated heterocycles. The Balaban J connectivity index is 1.71. The van der Waals surface area contributed by atoms with E-state index in [0.29, 0.717) is 23.1 Å². The predicted octanol–water partition coefficient (Wildman–Crippen LogP) is 0.772. The molecule has 0 saturated carbocycles. The van der Waals surface area contributed by atoms with Gasteiger partial charge in [-0.1, -0.05) is 6.07 Å². The van der Waals surface area contributed by atoms with Crippen molar-refractivity contribution < 1.29 is 0 Å². The Morgan fingerprint density at radius 1 is 1.05 bits per heavy atom. The molecule has 0 radical (unpaired) electrons. The summed E-state index contributed by atoms with van der Waals surface area (Å²) in [5, 5.41) is 5.22. The van der Waals surface area contributed by atoms with Crippen molar-refractivity contribution in [3.63, 3.8) is 0 Å². The number of anilines is 4. The number of aromatic nitrogens is 3. The third-order valence-corrected chi connectivity index (χ3v) is 3.56. The Labute approximate surface area is 129 Å². The summed E-state index contributed by atoms with van der Waals surface area (Å²) in [4.78, 5) is 14.9. The molecule has 8 nitrogen and oxygen atoms in total. The molecule has 0 amide bonds. The standard InChI is InChI=1S/C14H20N8/c1-21-6-8-22(9-7-21)20-14-12(15)13(17-10-18-14)19-11-4-2-3-5-16-11/h2-5,10H,6-9,15H2,1H3,(H2,16,17,18,19,20). The van der Waals surface area contributed by atoms with Gasteiger partial charge in [-0.25, -0.2) is 20.0 Å². The van der Waals surface area contributed by atoms with Crippen LogP contribution in [-0.2, 0) is 0 Å². The molecule has 0 unspecified atom stereocenters. The Hall–Kier alpha value is -2.45. The first-order valence-corrected chi connectivity index (χ1v) is 7.21. The Kier molecular flexibility index (Phi) is 4.31. The average Bonchev–Trinajstić information content (AvgIpc) is 2.54. The summed E-state index contributed by atoms with van der Waals surface area (Å²) < 4.78 is 0. The van der Waals surface area contributed by atoms with Crippen LogP contribution in [0.15, 0.2) is 30.7 Å². The van der Waals surface area contributed by atoms with Crippen molar-refractivity contribution in [3.05, 3.63) is 30.7 Å². The molecule has 2 aromatic heterocycles. The van der Waals surface area contributed by atoms with Crippen LogP contribution in [0.3, 0.4) is 0 Å². The molecule has 1 aliphatic heterocycles. The average molecular weight is 300 g/mol. The summed E-state index contributed by atoms with van der Waals surface area (Å²) in [5.41, 5.74) is 9.91. The van der Waals surface area contributed by atoms with Crippen molar-refractivity contribution in [2.75, 3.05) is 49.7 Å². The van der Waals surface area contributed by atoms with Crippen molar-refractivity contribution in [2.45, 2.75) is 0 Å². The number of hydrogen-bond donors (Lipinski definition) is 3. The number of likely N-dealkylation sites (N-methyl/N-ethyl adjacent to an activating group) is 1. The summed E-state index contributed by atoms with van der Waals surface area (Å²) >= 11 is 0. The molecule has 4 N–H and O–H groups in total. The van der Waals surface area contributed by atoms with E-state index >= 15 is 0 Å². The fourth-order valence-electron chi connectivity index (χ4n) is 2.21. The lowest BCUT2D eigenvalue weighted by atomic mass is 10.4. The number of nitrogens with zero attached hydrogens (tertiary/aromatic N) is 5. The molecule has 0 bridgehead atoms. The largest absolute Gasteiger partial charge is 0.393 e. The molecular formula is C14H20N8. The number of hydrogen-bond acceptors (Lipinski definition) is 8. The van der Waals surface area contributed by atoms with E-state index in [1.54, 1.807) is 6.20 Å². The summed E-state index contributed by atoms with van der Waals surface area (Å²) in [5.74, 6) is 1.85. The minimum Gasteiger partial charge on any atom is -0.393 e. The summed E-state index contributed by atoms with van der Waals surface area (Å²) in [7, 11) is 2.12. The van der Waals surface area contributed by atoms with Crippen molar-refractivity contribution in [2.24, 2.45) is 0 Å². The maximum Gasteiger partial charge on any atom is 0.169 e. The van der Waals surface area contributed by atoms with Gasteiger partial charge in [-0.3, -0.25) is 0 Å². The normalized spacial score (nSPS) is 16.4. The van der Waals surface area contributed by atoms with Gasteiger partial charge in [0.25, 0.3) is 0 Å². The molecule has 116 valence electrons. The maximum atomic E-state index is 6.16. The number of piperazine rings is 1. The number of hydrazine groups is 1. The molecule has 1 aliphatic rings. The Morgan fingerprint density at radius 2 is 1.82 bits per heavy atom. The lowest BCUT2D eigenvalue weighted by Gasteiger charge is -2.32. The quantitative estimate of drug-likeness (QED) is 0.762. The van der Waals surface area contributed by atoms with Crippen molar-refractivity contribution in [3.8, 4) is 0 Å². The number of nitrogens with two attached hydrogens (primary N) is 1. The van der Waals surface area contributed by atoms with E-state index in [1.165, 1.54) is 6.33 Å². The highest BCUT2D eigenvalue weighted by Gasteiger charge is 2.16. The number of nitrogen functional groups attached to an aromatic ring is 1. The zero-order valence-corrected chi connectivity index (χ0v) is 12.5. The second-order valence-corrected chi connectivity index (χ2v) is 5.23. The highest BCUT2D eigenvalue weighted by atomic mass is 15.5. The number of pyridine rings is 1. The highest BCUT2D eigenvalue weighted by molar-refractivity contribution is 5.76. The topological polar surface area (TPSA) is 95.2 Å².